The predicted molar refractivity (Wildman–Crippen MR) is 75.3 cm³/mol. The lowest BCUT2D eigenvalue weighted by atomic mass is 9.98. The summed E-state index contributed by atoms with van der Waals surface area (Å²) in [5.41, 5.74) is 0. The van der Waals surface area contributed by atoms with Crippen LogP contribution in [0.15, 0.2) is 0 Å². The highest BCUT2D eigenvalue weighted by molar-refractivity contribution is 7.88. The third kappa shape index (κ3) is 5.46. The average molecular weight is 291 g/mol. The lowest BCUT2D eigenvalue weighted by Gasteiger charge is -2.37. The number of carbonyl (C=O) groups is 1. The van der Waals surface area contributed by atoms with Crippen LogP contribution in [0, 0.1) is 0 Å². The largest absolute Gasteiger partial charge is 0.338 e. The fraction of sp³-hybridized carbons (Fsp3) is 0.917. The maximum absolute atomic E-state index is 12.2. The number of carbonyl (C=O) groups excluding carboxylic acids is 1. The minimum atomic E-state index is -3.15. The number of nitrogens with zero attached hydrogens (tertiary/aromatic N) is 1. The molecule has 0 spiro atoms. The number of hydrogen-bond donors (Lipinski definition) is 2. The molecule has 0 radical (unpaired) electrons. The quantitative estimate of drug-likeness (QED) is 0.717. The second kappa shape index (κ2) is 7.21. The van der Waals surface area contributed by atoms with E-state index in [1.54, 1.807) is 7.05 Å². The highest BCUT2D eigenvalue weighted by atomic mass is 32.2. The summed E-state index contributed by atoms with van der Waals surface area (Å²) in [6.45, 7) is 3.01. The Morgan fingerprint density at radius 1 is 1.42 bits per heavy atom. The van der Waals surface area contributed by atoms with Gasteiger partial charge in [0, 0.05) is 19.1 Å². The Bertz CT molecular complexity index is 397. The van der Waals surface area contributed by atoms with Crippen molar-refractivity contribution in [2.24, 2.45) is 0 Å². The number of piperidine rings is 1. The van der Waals surface area contributed by atoms with Crippen molar-refractivity contribution >= 4 is 15.9 Å². The fourth-order valence-corrected chi connectivity index (χ4v) is 2.86. The van der Waals surface area contributed by atoms with E-state index in [0.717, 1.165) is 32.1 Å². The molecule has 0 aromatic carbocycles. The Kier molecular flexibility index (Phi) is 6.22. The number of amides is 1. The monoisotopic (exact) mass is 291 g/mol. The predicted octanol–water partition coefficient (Wildman–Crippen LogP) is -0.0853. The van der Waals surface area contributed by atoms with Crippen molar-refractivity contribution in [3.63, 3.8) is 0 Å². The molecule has 6 nitrogen and oxygen atoms in total. The van der Waals surface area contributed by atoms with Crippen molar-refractivity contribution in [2.75, 3.05) is 26.4 Å². The maximum Gasteiger partial charge on any atom is 0.239 e. The summed E-state index contributed by atoms with van der Waals surface area (Å²) in [5, 5.41) is 2.96. The molecule has 1 aliphatic rings. The van der Waals surface area contributed by atoms with Crippen molar-refractivity contribution < 1.29 is 13.2 Å². The fourth-order valence-electron chi connectivity index (χ4n) is 2.37. The van der Waals surface area contributed by atoms with Gasteiger partial charge in [-0.1, -0.05) is 0 Å². The lowest BCUT2D eigenvalue weighted by molar-refractivity contribution is -0.136. The smallest absolute Gasteiger partial charge is 0.239 e. The number of rotatable bonds is 6. The van der Waals surface area contributed by atoms with Crippen molar-refractivity contribution in [3.8, 4) is 0 Å². The Balaban J connectivity index is 2.55. The van der Waals surface area contributed by atoms with Gasteiger partial charge in [0.15, 0.2) is 0 Å². The normalized spacial score (nSPS) is 22.3. The standard InChI is InChI=1S/C12H25N3O3S/c1-10(13-2)12(16)15-9-5-4-6-11(15)7-8-14-19(3,17)18/h10-11,13-14H,4-9H2,1-3H3. The summed E-state index contributed by atoms with van der Waals surface area (Å²) < 4.78 is 24.6. The molecule has 1 saturated heterocycles. The van der Waals surface area contributed by atoms with Crippen LogP contribution in [-0.4, -0.2) is 57.7 Å². The van der Waals surface area contributed by atoms with E-state index in [2.05, 4.69) is 10.0 Å². The second-order valence-electron chi connectivity index (χ2n) is 5.15. The van der Waals surface area contributed by atoms with Gasteiger partial charge in [-0.3, -0.25) is 4.79 Å². The Morgan fingerprint density at radius 3 is 2.68 bits per heavy atom. The summed E-state index contributed by atoms with van der Waals surface area (Å²) >= 11 is 0. The van der Waals surface area contributed by atoms with Crippen LogP contribution in [-0.2, 0) is 14.8 Å². The molecule has 0 aromatic rings. The van der Waals surface area contributed by atoms with Crippen LogP contribution < -0.4 is 10.0 Å². The highest BCUT2D eigenvalue weighted by Crippen LogP contribution is 2.20. The maximum atomic E-state index is 12.2. The molecule has 19 heavy (non-hydrogen) atoms. The molecule has 1 amide bonds. The van der Waals surface area contributed by atoms with Gasteiger partial charge in [-0.2, -0.15) is 0 Å². The summed E-state index contributed by atoms with van der Waals surface area (Å²) in [4.78, 5) is 14.1. The summed E-state index contributed by atoms with van der Waals surface area (Å²) in [6.07, 6.45) is 4.90. The number of likely N-dealkylation sites (tertiary alicyclic amines) is 1. The van der Waals surface area contributed by atoms with Crippen LogP contribution >= 0.6 is 0 Å². The topological polar surface area (TPSA) is 78.5 Å². The number of hydrogen-bond acceptors (Lipinski definition) is 4. The van der Waals surface area contributed by atoms with Gasteiger partial charge in [-0.25, -0.2) is 13.1 Å². The van der Waals surface area contributed by atoms with Crippen LogP contribution in [0.1, 0.15) is 32.6 Å². The van der Waals surface area contributed by atoms with Crippen molar-refractivity contribution in [1.82, 2.24) is 14.9 Å². The van der Waals surface area contributed by atoms with Gasteiger partial charge in [-0.15, -0.1) is 0 Å². The molecular weight excluding hydrogens is 266 g/mol. The van der Waals surface area contributed by atoms with Crippen LogP contribution in [0.2, 0.25) is 0 Å². The van der Waals surface area contributed by atoms with E-state index in [0.29, 0.717) is 13.0 Å². The van der Waals surface area contributed by atoms with Gasteiger partial charge in [0.2, 0.25) is 15.9 Å². The third-order valence-electron chi connectivity index (χ3n) is 3.56. The van der Waals surface area contributed by atoms with Crippen LogP contribution in [0.5, 0.6) is 0 Å². The zero-order chi connectivity index (χ0) is 14.5. The minimum absolute atomic E-state index is 0.103. The molecule has 2 unspecified atom stereocenters. The van der Waals surface area contributed by atoms with E-state index >= 15 is 0 Å². The Labute approximate surface area is 116 Å². The molecular formula is C12H25N3O3S. The first-order valence-electron chi connectivity index (χ1n) is 6.77. The van der Waals surface area contributed by atoms with E-state index < -0.39 is 10.0 Å². The van der Waals surface area contributed by atoms with E-state index in [1.807, 2.05) is 11.8 Å². The SMILES string of the molecule is CNC(C)C(=O)N1CCCCC1CCNS(C)(=O)=O. The van der Waals surface area contributed by atoms with Crippen molar-refractivity contribution in [2.45, 2.75) is 44.7 Å². The van der Waals surface area contributed by atoms with Crippen LogP contribution in [0.3, 0.4) is 0 Å². The molecule has 1 heterocycles. The minimum Gasteiger partial charge on any atom is -0.338 e. The molecule has 7 heteroatoms. The molecule has 2 N–H and O–H groups in total. The van der Waals surface area contributed by atoms with E-state index in [9.17, 15) is 13.2 Å². The number of likely N-dealkylation sites (N-methyl/N-ethyl adjacent to an activating group) is 1. The molecule has 1 aliphatic heterocycles. The summed E-state index contributed by atoms with van der Waals surface area (Å²) in [6, 6.07) is -0.0465. The Morgan fingerprint density at radius 2 is 2.11 bits per heavy atom. The molecule has 112 valence electrons. The number of sulfonamides is 1. The zero-order valence-electron chi connectivity index (χ0n) is 12.0. The molecule has 1 fully saturated rings. The van der Waals surface area contributed by atoms with Gasteiger partial charge < -0.3 is 10.2 Å². The van der Waals surface area contributed by atoms with Crippen LogP contribution in [0.4, 0.5) is 0 Å². The molecule has 0 saturated carbocycles. The van der Waals surface area contributed by atoms with Gasteiger partial charge in [0.1, 0.15) is 0 Å². The van der Waals surface area contributed by atoms with Gasteiger partial charge in [-0.05, 0) is 39.7 Å². The summed E-state index contributed by atoms with van der Waals surface area (Å²) in [5.74, 6) is 0.103. The van der Waals surface area contributed by atoms with Crippen molar-refractivity contribution in [1.29, 1.82) is 0 Å². The first kappa shape index (κ1) is 16.4. The first-order chi connectivity index (χ1) is 8.85. The number of nitrogens with one attached hydrogen (secondary N) is 2. The highest BCUT2D eigenvalue weighted by Gasteiger charge is 2.28. The van der Waals surface area contributed by atoms with E-state index in [4.69, 9.17) is 0 Å². The summed E-state index contributed by atoms with van der Waals surface area (Å²) in [7, 11) is -1.38. The van der Waals surface area contributed by atoms with Crippen LogP contribution in [0.25, 0.3) is 0 Å². The van der Waals surface area contributed by atoms with E-state index in [1.165, 1.54) is 0 Å². The molecule has 0 aromatic heterocycles. The molecule has 0 aliphatic carbocycles. The van der Waals surface area contributed by atoms with E-state index in [-0.39, 0.29) is 18.0 Å². The van der Waals surface area contributed by atoms with Gasteiger partial charge in [0.25, 0.3) is 0 Å². The average Bonchev–Trinajstić information content (AvgIpc) is 2.36. The lowest BCUT2D eigenvalue weighted by Crippen LogP contribution is -2.51. The first-order valence-corrected chi connectivity index (χ1v) is 8.66. The van der Waals surface area contributed by atoms with Gasteiger partial charge in [0.05, 0.1) is 12.3 Å². The second-order valence-corrected chi connectivity index (χ2v) is 6.98. The third-order valence-corrected chi connectivity index (χ3v) is 4.28. The zero-order valence-corrected chi connectivity index (χ0v) is 12.8. The molecule has 1 rings (SSSR count). The van der Waals surface area contributed by atoms with Gasteiger partial charge >= 0.3 is 0 Å². The Hall–Kier alpha value is -0.660. The molecule has 2 atom stereocenters. The van der Waals surface area contributed by atoms with Crippen molar-refractivity contribution in [3.05, 3.63) is 0 Å². The molecule has 0 bridgehead atoms.